The number of nitrogens with two attached hydrogens (primary N) is 1. The number of fused-ring (bicyclic) bond motifs is 1. The molecule has 1 fully saturated rings. The average Bonchev–Trinajstić information content (AvgIpc) is 3.51. The molecule has 0 radical (unpaired) electrons. The Labute approximate surface area is 273 Å². The largest absolute Gasteiger partial charge is 0.472 e. The molecule has 0 spiro atoms. The molecule has 3 rings (SSSR count). The predicted molar refractivity (Wildman–Crippen MR) is 175 cm³/mol. The van der Waals surface area contributed by atoms with Gasteiger partial charge in [-0.2, -0.15) is 5.26 Å². The molecule has 1 unspecified atom stereocenters. The van der Waals surface area contributed by atoms with Gasteiger partial charge in [0, 0.05) is 19.4 Å². The van der Waals surface area contributed by atoms with E-state index in [0.717, 1.165) is 12.8 Å². The first-order valence-electron chi connectivity index (χ1n) is 16.9. The van der Waals surface area contributed by atoms with Crippen LogP contribution in [-0.4, -0.2) is 73.9 Å². The molecule has 0 aliphatic carbocycles. The molecule has 0 aromatic carbocycles. The van der Waals surface area contributed by atoms with Crippen LogP contribution in [0, 0.1) is 11.3 Å². The quantitative estimate of drug-likeness (QED) is 0.0764. The van der Waals surface area contributed by atoms with E-state index < -0.39 is 38.5 Å². The minimum atomic E-state index is -4.46. The van der Waals surface area contributed by atoms with E-state index in [1.165, 1.54) is 101 Å². The van der Waals surface area contributed by atoms with Crippen molar-refractivity contribution in [2.24, 2.45) is 0 Å². The van der Waals surface area contributed by atoms with Gasteiger partial charge in [-0.15, -0.1) is 0 Å². The van der Waals surface area contributed by atoms with Crippen molar-refractivity contribution in [3.05, 3.63) is 18.1 Å². The SMILES string of the molecule is CCCCCCCCCCCCCCCCOCCCOP(=O)(O)OC[C@H]1O[C@@H](n2cc(C#N)c3c(N)ncnc32)[C@](C)(O)[C@@H]1O. The van der Waals surface area contributed by atoms with E-state index in [9.17, 15) is 24.9 Å². The van der Waals surface area contributed by atoms with E-state index in [0.29, 0.717) is 19.6 Å². The first-order chi connectivity index (χ1) is 22.1. The van der Waals surface area contributed by atoms with Crippen LogP contribution in [0.25, 0.3) is 11.0 Å². The molecule has 0 saturated carbocycles. The van der Waals surface area contributed by atoms with Crippen LogP contribution in [0.4, 0.5) is 5.82 Å². The van der Waals surface area contributed by atoms with Gasteiger partial charge in [-0.25, -0.2) is 14.5 Å². The molecule has 260 valence electrons. The van der Waals surface area contributed by atoms with Gasteiger partial charge in [0.25, 0.3) is 0 Å². The van der Waals surface area contributed by atoms with E-state index >= 15 is 0 Å². The zero-order chi connectivity index (χ0) is 33.4. The molecule has 5 N–H and O–H groups in total. The summed E-state index contributed by atoms with van der Waals surface area (Å²) in [6.45, 7) is 4.07. The minimum Gasteiger partial charge on any atom is -0.387 e. The summed E-state index contributed by atoms with van der Waals surface area (Å²) in [4.78, 5) is 18.2. The Hall–Kier alpha value is -2.14. The Balaban J connectivity index is 1.25. The Morgan fingerprint density at radius 2 is 1.57 bits per heavy atom. The minimum absolute atomic E-state index is 0.0473. The van der Waals surface area contributed by atoms with E-state index in [4.69, 9.17) is 24.3 Å². The second-order valence-electron chi connectivity index (χ2n) is 12.4. The third-order valence-corrected chi connectivity index (χ3v) is 9.48. The summed E-state index contributed by atoms with van der Waals surface area (Å²) in [5, 5.41) is 31.6. The maximum Gasteiger partial charge on any atom is 0.472 e. The number of hydrogen-bond donors (Lipinski definition) is 4. The molecule has 1 aliphatic rings. The lowest BCUT2D eigenvalue weighted by molar-refractivity contribution is -0.0947. The second-order valence-corrected chi connectivity index (χ2v) is 13.8. The van der Waals surface area contributed by atoms with Crippen LogP contribution in [-0.2, 0) is 23.1 Å². The highest BCUT2D eigenvalue weighted by atomic mass is 31.2. The van der Waals surface area contributed by atoms with Gasteiger partial charge in [0.05, 0.1) is 24.2 Å². The maximum absolute atomic E-state index is 12.4. The van der Waals surface area contributed by atoms with Gasteiger partial charge in [0.1, 0.15) is 41.7 Å². The highest BCUT2D eigenvalue weighted by Crippen LogP contribution is 2.46. The van der Waals surface area contributed by atoms with E-state index in [2.05, 4.69) is 16.9 Å². The first-order valence-corrected chi connectivity index (χ1v) is 18.4. The van der Waals surface area contributed by atoms with Crippen LogP contribution in [0.2, 0.25) is 0 Å². The number of aliphatic hydroxyl groups excluding tert-OH is 1. The van der Waals surface area contributed by atoms with Crippen LogP contribution < -0.4 is 5.73 Å². The monoisotopic (exact) mass is 667 g/mol. The van der Waals surface area contributed by atoms with Crippen LogP contribution in [0.1, 0.15) is 122 Å². The van der Waals surface area contributed by atoms with Gasteiger partial charge >= 0.3 is 7.82 Å². The van der Waals surface area contributed by atoms with Crippen LogP contribution >= 0.6 is 7.82 Å². The number of nitrogen functional groups attached to an aromatic ring is 1. The number of nitriles is 1. The second kappa shape index (κ2) is 19.6. The summed E-state index contributed by atoms with van der Waals surface area (Å²) >= 11 is 0. The fourth-order valence-electron chi connectivity index (χ4n) is 5.80. The number of hydrogen-bond acceptors (Lipinski definition) is 11. The van der Waals surface area contributed by atoms with Gasteiger partial charge in [-0.05, 0) is 19.8 Å². The lowest BCUT2D eigenvalue weighted by Crippen LogP contribution is -2.44. The third kappa shape index (κ3) is 11.5. The molecule has 46 heavy (non-hydrogen) atoms. The number of phosphoric acid groups is 1. The Bertz CT molecular complexity index is 1270. The van der Waals surface area contributed by atoms with Gasteiger partial charge in [0.2, 0.25) is 0 Å². The van der Waals surface area contributed by atoms with E-state index in [-0.39, 0.29) is 29.0 Å². The topological polar surface area (TPSA) is 195 Å². The van der Waals surface area contributed by atoms with Gasteiger partial charge in [-0.1, -0.05) is 90.4 Å². The summed E-state index contributed by atoms with van der Waals surface area (Å²) in [7, 11) is -4.46. The molecule has 5 atom stereocenters. The lowest BCUT2D eigenvalue weighted by Gasteiger charge is -2.27. The van der Waals surface area contributed by atoms with Crippen LogP contribution in [0.5, 0.6) is 0 Å². The zero-order valence-corrected chi connectivity index (χ0v) is 28.4. The summed E-state index contributed by atoms with van der Waals surface area (Å²) in [6.07, 6.45) is 17.4. The van der Waals surface area contributed by atoms with E-state index in [1.807, 2.05) is 6.07 Å². The molecule has 1 saturated heterocycles. The Morgan fingerprint density at radius 1 is 0.978 bits per heavy atom. The number of unbranched alkanes of at least 4 members (excludes halogenated alkanes) is 13. The standard InChI is InChI=1S/C32H54N5O8P/c1-3-4-5-6-7-8-9-10-11-12-13-14-15-16-18-42-19-17-20-43-46(40,41)44-23-26-28(38)32(2,39)31(45-26)37-22-25(21-33)27-29(34)35-24-36-30(27)37/h22,24,26,28,31,38-39H,3-20,23H2,1-2H3,(H,40,41)(H2,34,35,36)/t26-,28-,31-,32-/m1/s1. The normalized spacial score (nSPS) is 22.7. The van der Waals surface area contributed by atoms with Crippen molar-refractivity contribution >= 4 is 24.7 Å². The molecule has 2 aromatic heterocycles. The van der Waals surface area contributed by atoms with Crippen molar-refractivity contribution in [2.75, 3.05) is 32.2 Å². The molecule has 3 heterocycles. The zero-order valence-electron chi connectivity index (χ0n) is 27.5. The predicted octanol–water partition coefficient (Wildman–Crippen LogP) is 5.92. The molecular weight excluding hydrogens is 613 g/mol. The molecule has 2 aromatic rings. The van der Waals surface area contributed by atoms with Crippen LogP contribution in [0.3, 0.4) is 0 Å². The van der Waals surface area contributed by atoms with Crippen molar-refractivity contribution in [1.29, 1.82) is 5.26 Å². The molecule has 0 amide bonds. The van der Waals surface area contributed by atoms with Crippen molar-refractivity contribution in [1.82, 2.24) is 14.5 Å². The summed E-state index contributed by atoms with van der Waals surface area (Å²) in [6, 6.07) is 2.01. The third-order valence-electron chi connectivity index (χ3n) is 8.50. The van der Waals surface area contributed by atoms with E-state index in [1.54, 1.807) is 0 Å². The molecule has 14 heteroatoms. The van der Waals surface area contributed by atoms with Crippen molar-refractivity contribution < 1.29 is 38.2 Å². The van der Waals surface area contributed by atoms with Gasteiger partial charge < -0.3 is 34.9 Å². The highest BCUT2D eigenvalue weighted by Gasteiger charge is 2.54. The fraction of sp³-hybridized carbons (Fsp3) is 0.781. The Kier molecular flexibility index (Phi) is 16.3. The number of nitrogens with zero attached hydrogens (tertiary/aromatic N) is 4. The van der Waals surface area contributed by atoms with Crippen molar-refractivity contribution in [3.63, 3.8) is 0 Å². The number of rotatable bonds is 24. The number of ether oxygens (including phenoxy) is 2. The fourth-order valence-corrected chi connectivity index (χ4v) is 6.57. The molecule has 1 aliphatic heterocycles. The summed E-state index contributed by atoms with van der Waals surface area (Å²) < 4.78 is 35.4. The highest BCUT2D eigenvalue weighted by molar-refractivity contribution is 7.47. The number of anilines is 1. The number of aromatic nitrogens is 3. The lowest BCUT2D eigenvalue weighted by atomic mass is 9.96. The average molecular weight is 668 g/mol. The van der Waals surface area contributed by atoms with Crippen molar-refractivity contribution in [2.45, 2.75) is 134 Å². The molecule has 0 bridgehead atoms. The Morgan fingerprint density at radius 3 is 2.17 bits per heavy atom. The van der Waals surface area contributed by atoms with Gasteiger partial charge in [-0.3, -0.25) is 9.05 Å². The summed E-state index contributed by atoms with van der Waals surface area (Å²) in [5.41, 5.74) is 4.45. The molecular formula is C32H54N5O8P. The number of aliphatic hydroxyl groups is 2. The van der Waals surface area contributed by atoms with Crippen molar-refractivity contribution in [3.8, 4) is 6.07 Å². The number of phosphoric ester groups is 1. The molecule has 13 nitrogen and oxygen atoms in total. The first kappa shape index (κ1) is 38.3. The smallest absolute Gasteiger partial charge is 0.387 e. The van der Waals surface area contributed by atoms with Crippen LogP contribution in [0.15, 0.2) is 12.5 Å². The summed E-state index contributed by atoms with van der Waals surface area (Å²) in [5.74, 6) is 0.0805. The van der Waals surface area contributed by atoms with Gasteiger partial charge in [0.15, 0.2) is 6.23 Å². The maximum atomic E-state index is 12.4.